The average molecular weight is 253 g/mol. The van der Waals surface area contributed by atoms with Crippen molar-refractivity contribution in [2.45, 2.75) is 32.2 Å². The van der Waals surface area contributed by atoms with Gasteiger partial charge in [0, 0.05) is 6.07 Å². The van der Waals surface area contributed by atoms with E-state index in [1.165, 1.54) is 0 Å². The fraction of sp³-hybridized carbons (Fsp3) is 0.462. The van der Waals surface area contributed by atoms with Gasteiger partial charge in [0.2, 0.25) is 0 Å². The van der Waals surface area contributed by atoms with Crippen LogP contribution in [-0.4, -0.2) is 12.0 Å². The SMILES string of the molecule is CCC[C@@H]1C[C@H]1N=C(N)Nc1cc(F)ccc1F. The number of halogens is 2. The molecule has 98 valence electrons. The molecule has 0 spiro atoms. The predicted molar refractivity (Wildman–Crippen MR) is 68.4 cm³/mol. The minimum atomic E-state index is -0.546. The van der Waals surface area contributed by atoms with Gasteiger partial charge in [0.1, 0.15) is 11.6 Å². The summed E-state index contributed by atoms with van der Waals surface area (Å²) in [6.07, 6.45) is 3.29. The Morgan fingerprint density at radius 2 is 2.28 bits per heavy atom. The number of rotatable bonds is 4. The Hall–Kier alpha value is -1.65. The molecule has 0 amide bonds. The van der Waals surface area contributed by atoms with E-state index >= 15 is 0 Å². The van der Waals surface area contributed by atoms with E-state index in [4.69, 9.17) is 5.73 Å². The molecule has 0 heterocycles. The van der Waals surface area contributed by atoms with Crippen LogP contribution in [0.1, 0.15) is 26.2 Å². The number of benzene rings is 1. The van der Waals surface area contributed by atoms with E-state index in [-0.39, 0.29) is 17.7 Å². The molecule has 0 radical (unpaired) electrons. The van der Waals surface area contributed by atoms with E-state index in [1.54, 1.807) is 0 Å². The number of anilines is 1. The van der Waals surface area contributed by atoms with Gasteiger partial charge in [-0.25, -0.2) is 13.8 Å². The Bertz CT molecular complexity index is 460. The first-order valence-electron chi connectivity index (χ1n) is 6.15. The van der Waals surface area contributed by atoms with Crippen molar-refractivity contribution in [1.29, 1.82) is 0 Å². The fourth-order valence-electron chi connectivity index (χ4n) is 2.01. The predicted octanol–water partition coefficient (Wildman–Crippen LogP) is 2.88. The first-order chi connectivity index (χ1) is 8.60. The van der Waals surface area contributed by atoms with Crippen LogP contribution >= 0.6 is 0 Å². The summed E-state index contributed by atoms with van der Waals surface area (Å²) in [5.74, 6) is -0.326. The molecule has 3 nitrogen and oxygen atoms in total. The second-order valence-corrected chi connectivity index (χ2v) is 4.62. The highest BCUT2D eigenvalue weighted by molar-refractivity contribution is 5.92. The third kappa shape index (κ3) is 3.18. The lowest BCUT2D eigenvalue weighted by Crippen LogP contribution is -2.24. The summed E-state index contributed by atoms with van der Waals surface area (Å²) >= 11 is 0. The van der Waals surface area contributed by atoms with Gasteiger partial charge in [-0.2, -0.15) is 0 Å². The third-order valence-corrected chi connectivity index (χ3v) is 3.04. The Balaban J connectivity index is 1.97. The van der Waals surface area contributed by atoms with Crippen LogP contribution in [0.2, 0.25) is 0 Å². The molecule has 3 N–H and O–H groups in total. The van der Waals surface area contributed by atoms with Crippen molar-refractivity contribution < 1.29 is 8.78 Å². The number of guanidine groups is 1. The molecule has 0 aliphatic heterocycles. The van der Waals surface area contributed by atoms with Crippen LogP contribution in [0.4, 0.5) is 14.5 Å². The lowest BCUT2D eigenvalue weighted by atomic mass is 10.2. The van der Waals surface area contributed by atoms with Crippen LogP contribution in [0.3, 0.4) is 0 Å². The summed E-state index contributed by atoms with van der Waals surface area (Å²) in [5.41, 5.74) is 5.69. The van der Waals surface area contributed by atoms with Crippen LogP contribution in [0.5, 0.6) is 0 Å². The minimum absolute atomic E-state index is 0.0175. The number of aliphatic imine (C=N–C) groups is 1. The number of hydrogen-bond donors (Lipinski definition) is 2. The number of nitrogens with two attached hydrogens (primary N) is 1. The Morgan fingerprint density at radius 3 is 3.00 bits per heavy atom. The molecule has 1 aromatic carbocycles. The van der Waals surface area contributed by atoms with Crippen molar-refractivity contribution in [3.8, 4) is 0 Å². The maximum absolute atomic E-state index is 13.3. The Morgan fingerprint density at radius 1 is 1.50 bits per heavy atom. The molecule has 1 saturated carbocycles. The van der Waals surface area contributed by atoms with Gasteiger partial charge in [0.25, 0.3) is 0 Å². The zero-order valence-electron chi connectivity index (χ0n) is 10.3. The van der Waals surface area contributed by atoms with E-state index in [9.17, 15) is 8.78 Å². The zero-order chi connectivity index (χ0) is 13.1. The number of nitrogens with zero attached hydrogens (tertiary/aromatic N) is 1. The fourth-order valence-corrected chi connectivity index (χ4v) is 2.01. The van der Waals surface area contributed by atoms with Crippen LogP contribution in [0.25, 0.3) is 0 Å². The van der Waals surface area contributed by atoms with Crippen molar-refractivity contribution in [3.63, 3.8) is 0 Å². The largest absolute Gasteiger partial charge is 0.370 e. The van der Waals surface area contributed by atoms with Gasteiger partial charge in [0.15, 0.2) is 5.96 Å². The molecule has 0 unspecified atom stereocenters. The van der Waals surface area contributed by atoms with Gasteiger partial charge < -0.3 is 11.1 Å². The molecule has 0 aromatic heterocycles. The summed E-state index contributed by atoms with van der Waals surface area (Å²) in [6.45, 7) is 2.13. The summed E-state index contributed by atoms with van der Waals surface area (Å²) in [6, 6.07) is 3.41. The highest BCUT2D eigenvalue weighted by Crippen LogP contribution is 2.37. The standard InChI is InChI=1S/C13H17F2N3/c1-2-3-8-6-11(8)17-13(16)18-12-7-9(14)4-5-10(12)15/h4-5,7-8,11H,2-3,6H2,1H3,(H3,16,17,18)/t8-,11-/m1/s1. The molecule has 18 heavy (non-hydrogen) atoms. The first-order valence-corrected chi connectivity index (χ1v) is 6.15. The molecule has 0 saturated heterocycles. The molecule has 0 bridgehead atoms. The van der Waals surface area contributed by atoms with Gasteiger partial charge >= 0.3 is 0 Å². The normalized spacial score (nSPS) is 22.9. The van der Waals surface area contributed by atoms with Gasteiger partial charge in [-0.3, -0.25) is 0 Å². The quantitative estimate of drug-likeness (QED) is 0.640. The molecular weight excluding hydrogens is 236 g/mol. The summed E-state index contributed by atoms with van der Waals surface area (Å²) in [4.78, 5) is 4.25. The molecule has 2 atom stereocenters. The molecule has 5 heteroatoms. The van der Waals surface area contributed by atoms with Crippen LogP contribution < -0.4 is 11.1 Å². The van der Waals surface area contributed by atoms with Crippen molar-refractivity contribution >= 4 is 11.6 Å². The second-order valence-electron chi connectivity index (χ2n) is 4.62. The zero-order valence-corrected chi connectivity index (χ0v) is 10.3. The smallest absolute Gasteiger partial charge is 0.193 e. The van der Waals surface area contributed by atoms with Crippen LogP contribution in [0, 0.1) is 17.6 Å². The van der Waals surface area contributed by atoms with E-state index in [2.05, 4.69) is 17.2 Å². The Kier molecular flexibility index (Phi) is 3.79. The number of nitrogens with one attached hydrogen (secondary N) is 1. The van der Waals surface area contributed by atoms with Crippen molar-refractivity contribution in [2.75, 3.05) is 5.32 Å². The van der Waals surface area contributed by atoms with E-state index in [0.29, 0.717) is 5.92 Å². The van der Waals surface area contributed by atoms with Crippen molar-refractivity contribution in [1.82, 2.24) is 0 Å². The molecule has 1 aliphatic carbocycles. The van der Waals surface area contributed by atoms with Crippen molar-refractivity contribution in [2.24, 2.45) is 16.6 Å². The summed E-state index contributed by atoms with van der Waals surface area (Å²) < 4.78 is 26.3. The van der Waals surface area contributed by atoms with E-state index < -0.39 is 11.6 Å². The summed E-state index contributed by atoms with van der Waals surface area (Å²) in [7, 11) is 0. The van der Waals surface area contributed by atoms with E-state index in [0.717, 1.165) is 37.5 Å². The summed E-state index contributed by atoms with van der Waals surface area (Å²) in [5, 5.41) is 2.60. The number of hydrogen-bond acceptors (Lipinski definition) is 1. The van der Waals surface area contributed by atoms with Crippen LogP contribution in [-0.2, 0) is 0 Å². The Labute approximate surface area is 105 Å². The average Bonchev–Trinajstić information content (AvgIpc) is 3.02. The highest BCUT2D eigenvalue weighted by Gasteiger charge is 2.36. The minimum Gasteiger partial charge on any atom is -0.370 e. The van der Waals surface area contributed by atoms with E-state index in [1.807, 2.05) is 0 Å². The molecule has 1 fully saturated rings. The van der Waals surface area contributed by atoms with Crippen molar-refractivity contribution in [3.05, 3.63) is 29.8 Å². The molecule has 1 aliphatic rings. The maximum atomic E-state index is 13.3. The second kappa shape index (κ2) is 5.33. The topological polar surface area (TPSA) is 50.4 Å². The third-order valence-electron chi connectivity index (χ3n) is 3.04. The van der Waals surface area contributed by atoms with Gasteiger partial charge in [0.05, 0.1) is 11.7 Å². The first kappa shape index (κ1) is 12.8. The van der Waals surface area contributed by atoms with Gasteiger partial charge in [-0.15, -0.1) is 0 Å². The highest BCUT2D eigenvalue weighted by atomic mass is 19.1. The van der Waals surface area contributed by atoms with Crippen LogP contribution in [0.15, 0.2) is 23.2 Å². The van der Waals surface area contributed by atoms with Gasteiger partial charge in [-0.05, 0) is 30.9 Å². The monoisotopic (exact) mass is 253 g/mol. The van der Waals surface area contributed by atoms with Gasteiger partial charge in [-0.1, -0.05) is 13.3 Å². The lowest BCUT2D eigenvalue weighted by molar-refractivity contribution is 0.604. The molecular formula is C13H17F2N3. The molecule has 1 aromatic rings. The lowest BCUT2D eigenvalue weighted by Gasteiger charge is -2.06. The maximum Gasteiger partial charge on any atom is 0.193 e. The molecule has 2 rings (SSSR count).